The van der Waals surface area contributed by atoms with Gasteiger partial charge in [0.15, 0.2) is 0 Å². The first-order valence-electron chi connectivity index (χ1n) is 6.42. The van der Waals surface area contributed by atoms with E-state index in [1.54, 1.807) is 0 Å². The van der Waals surface area contributed by atoms with Crippen LogP contribution in [0.15, 0.2) is 30.3 Å². The van der Waals surface area contributed by atoms with Crippen LogP contribution in [-0.4, -0.2) is 11.5 Å². The van der Waals surface area contributed by atoms with E-state index in [4.69, 9.17) is 5.73 Å². The molecular formula is C15H20N2. The van der Waals surface area contributed by atoms with Crippen LogP contribution in [0.3, 0.4) is 0 Å². The van der Waals surface area contributed by atoms with Gasteiger partial charge in [-0.15, -0.1) is 0 Å². The van der Waals surface area contributed by atoms with Crippen LogP contribution < -0.4 is 5.73 Å². The van der Waals surface area contributed by atoms with Gasteiger partial charge in [0.05, 0.1) is 0 Å². The Balaban J connectivity index is 1.95. The van der Waals surface area contributed by atoms with Crippen LogP contribution in [0.4, 0.5) is 0 Å². The summed E-state index contributed by atoms with van der Waals surface area (Å²) in [5, 5.41) is 1.32. The highest BCUT2D eigenvalue weighted by atomic mass is 14.8. The fourth-order valence-corrected chi connectivity index (χ4v) is 3.34. The molecule has 0 amide bonds. The second-order valence-corrected chi connectivity index (χ2v) is 5.79. The van der Waals surface area contributed by atoms with Crippen LogP contribution in [0.2, 0.25) is 0 Å². The maximum Gasteiger partial charge on any atom is 0.0456 e. The Labute approximate surface area is 102 Å². The summed E-state index contributed by atoms with van der Waals surface area (Å²) in [7, 11) is 0. The lowest BCUT2D eigenvalue weighted by molar-refractivity contribution is 0.534. The van der Waals surface area contributed by atoms with Crippen molar-refractivity contribution in [2.75, 3.05) is 6.54 Å². The molecule has 0 saturated heterocycles. The molecule has 1 aromatic heterocycles. The molecule has 0 aliphatic heterocycles. The highest BCUT2D eigenvalue weighted by Gasteiger charge is 2.57. The van der Waals surface area contributed by atoms with Crippen LogP contribution in [0, 0.1) is 11.3 Å². The fourth-order valence-electron chi connectivity index (χ4n) is 3.34. The van der Waals surface area contributed by atoms with Gasteiger partial charge in [-0.3, -0.25) is 0 Å². The summed E-state index contributed by atoms with van der Waals surface area (Å²) in [6, 6.07) is 10.8. The molecule has 2 heteroatoms. The second kappa shape index (κ2) is 3.61. The van der Waals surface area contributed by atoms with Gasteiger partial charge in [0, 0.05) is 17.1 Å². The Kier molecular flexibility index (Phi) is 2.30. The summed E-state index contributed by atoms with van der Waals surface area (Å²) in [6.07, 6.45) is 1.13. The number of rotatable bonds is 3. The molecule has 2 aromatic rings. The quantitative estimate of drug-likeness (QED) is 0.832. The van der Waals surface area contributed by atoms with Crippen molar-refractivity contribution in [1.29, 1.82) is 0 Å². The van der Waals surface area contributed by atoms with Crippen molar-refractivity contribution in [2.45, 2.75) is 26.2 Å². The number of nitrogens with one attached hydrogen (secondary N) is 1. The third-order valence-corrected chi connectivity index (χ3v) is 4.41. The van der Waals surface area contributed by atoms with Crippen LogP contribution in [-0.2, 0) is 0 Å². The van der Waals surface area contributed by atoms with Gasteiger partial charge in [-0.05, 0) is 41.8 Å². The lowest BCUT2D eigenvalue weighted by atomic mass is 10.1. The number of hydrogen-bond acceptors (Lipinski definition) is 1. The predicted molar refractivity (Wildman–Crippen MR) is 72.0 cm³/mol. The molecule has 1 saturated carbocycles. The minimum Gasteiger partial charge on any atom is -0.358 e. The monoisotopic (exact) mass is 228 g/mol. The molecule has 3 rings (SSSR count). The third kappa shape index (κ3) is 1.59. The Morgan fingerprint density at radius 3 is 2.76 bits per heavy atom. The number of para-hydroxylation sites is 1. The van der Waals surface area contributed by atoms with Crippen LogP contribution in [0.25, 0.3) is 10.9 Å². The number of aromatic amines is 1. The Morgan fingerprint density at radius 2 is 2.06 bits per heavy atom. The third-order valence-electron chi connectivity index (χ3n) is 4.41. The molecule has 90 valence electrons. The standard InChI is InChI=1S/C15H20N2/c1-15(2)11(7-8-16)14(15)13-9-10-5-3-4-6-12(10)17-13/h3-6,9,11,14,17H,7-8,16H2,1-2H3. The van der Waals surface area contributed by atoms with E-state index in [0.717, 1.165) is 18.9 Å². The molecule has 0 spiro atoms. The first kappa shape index (κ1) is 10.8. The van der Waals surface area contributed by atoms with Crippen molar-refractivity contribution in [2.24, 2.45) is 17.1 Å². The highest BCUT2D eigenvalue weighted by Crippen LogP contribution is 2.65. The Morgan fingerprint density at radius 1 is 1.29 bits per heavy atom. The molecule has 2 unspecified atom stereocenters. The first-order valence-corrected chi connectivity index (χ1v) is 6.42. The molecule has 1 aliphatic rings. The summed E-state index contributed by atoms with van der Waals surface area (Å²) in [5.74, 6) is 1.39. The summed E-state index contributed by atoms with van der Waals surface area (Å²) < 4.78 is 0. The molecular weight excluding hydrogens is 208 g/mol. The molecule has 2 atom stereocenters. The lowest BCUT2D eigenvalue weighted by Crippen LogP contribution is -2.01. The van der Waals surface area contributed by atoms with E-state index >= 15 is 0 Å². The van der Waals surface area contributed by atoms with E-state index in [9.17, 15) is 0 Å². The molecule has 0 bridgehead atoms. The van der Waals surface area contributed by atoms with Gasteiger partial charge in [-0.2, -0.15) is 0 Å². The van der Waals surface area contributed by atoms with Gasteiger partial charge in [-0.25, -0.2) is 0 Å². The molecule has 1 heterocycles. The topological polar surface area (TPSA) is 41.8 Å². The Hall–Kier alpha value is -1.28. The van der Waals surface area contributed by atoms with Crippen molar-refractivity contribution < 1.29 is 0 Å². The normalized spacial score (nSPS) is 26.3. The minimum absolute atomic E-state index is 0.403. The molecule has 0 radical (unpaired) electrons. The fraction of sp³-hybridized carbons (Fsp3) is 0.467. The average Bonchev–Trinajstić information content (AvgIpc) is 2.70. The van der Waals surface area contributed by atoms with Crippen LogP contribution in [0.5, 0.6) is 0 Å². The molecule has 1 fully saturated rings. The predicted octanol–water partition coefficient (Wildman–Crippen LogP) is 3.26. The van der Waals surface area contributed by atoms with E-state index in [0.29, 0.717) is 11.3 Å². The number of hydrogen-bond donors (Lipinski definition) is 2. The van der Waals surface area contributed by atoms with E-state index in [-0.39, 0.29) is 0 Å². The second-order valence-electron chi connectivity index (χ2n) is 5.79. The van der Waals surface area contributed by atoms with E-state index in [2.05, 4.69) is 49.2 Å². The van der Waals surface area contributed by atoms with Crippen molar-refractivity contribution in [3.63, 3.8) is 0 Å². The largest absolute Gasteiger partial charge is 0.358 e. The van der Waals surface area contributed by atoms with Gasteiger partial charge in [-0.1, -0.05) is 32.0 Å². The minimum atomic E-state index is 0.403. The first-order chi connectivity index (χ1) is 8.14. The number of aromatic nitrogens is 1. The number of benzene rings is 1. The molecule has 17 heavy (non-hydrogen) atoms. The summed E-state index contributed by atoms with van der Waals surface area (Å²) in [6.45, 7) is 5.50. The molecule has 1 aliphatic carbocycles. The highest BCUT2D eigenvalue weighted by molar-refractivity contribution is 5.80. The molecule has 3 N–H and O–H groups in total. The maximum absolute atomic E-state index is 5.70. The van der Waals surface area contributed by atoms with Crippen LogP contribution >= 0.6 is 0 Å². The van der Waals surface area contributed by atoms with Gasteiger partial charge in [0.25, 0.3) is 0 Å². The zero-order valence-corrected chi connectivity index (χ0v) is 10.5. The lowest BCUT2D eigenvalue weighted by Gasteiger charge is -1.99. The smallest absolute Gasteiger partial charge is 0.0456 e. The SMILES string of the molecule is CC1(C)C(CCN)C1c1cc2ccccc2[nH]1. The Bertz CT molecular complexity index is 506. The van der Waals surface area contributed by atoms with E-state index in [1.807, 2.05) is 0 Å². The average molecular weight is 228 g/mol. The van der Waals surface area contributed by atoms with Gasteiger partial charge >= 0.3 is 0 Å². The maximum atomic E-state index is 5.70. The van der Waals surface area contributed by atoms with Crippen molar-refractivity contribution in [3.8, 4) is 0 Å². The number of nitrogens with two attached hydrogens (primary N) is 1. The van der Waals surface area contributed by atoms with E-state index in [1.165, 1.54) is 16.6 Å². The molecule has 2 nitrogen and oxygen atoms in total. The number of fused-ring (bicyclic) bond motifs is 1. The molecule has 1 aromatic carbocycles. The summed E-state index contributed by atoms with van der Waals surface area (Å²) >= 11 is 0. The van der Waals surface area contributed by atoms with Gasteiger partial charge in [0.2, 0.25) is 0 Å². The summed E-state index contributed by atoms with van der Waals surface area (Å²) in [4.78, 5) is 3.56. The number of H-pyrrole nitrogens is 1. The van der Waals surface area contributed by atoms with Gasteiger partial charge < -0.3 is 10.7 Å². The van der Waals surface area contributed by atoms with Gasteiger partial charge in [0.1, 0.15) is 0 Å². The zero-order chi connectivity index (χ0) is 12.0. The van der Waals surface area contributed by atoms with Crippen molar-refractivity contribution >= 4 is 10.9 Å². The zero-order valence-electron chi connectivity index (χ0n) is 10.5. The summed E-state index contributed by atoms with van der Waals surface area (Å²) in [5.41, 5.74) is 8.73. The van der Waals surface area contributed by atoms with Crippen LogP contribution in [0.1, 0.15) is 31.9 Å². The van der Waals surface area contributed by atoms with Crippen molar-refractivity contribution in [1.82, 2.24) is 4.98 Å². The van der Waals surface area contributed by atoms with Crippen molar-refractivity contribution in [3.05, 3.63) is 36.0 Å². The van der Waals surface area contributed by atoms with E-state index < -0.39 is 0 Å².